The minimum absolute atomic E-state index is 0.192. The van der Waals surface area contributed by atoms with Crippen molar-refractivity contribution < 1.29 is 5.11 Å². The Labute approximate surface area is 83.6 Å². The second-order valence-corrected chi connectivity index (χ2v) is 3.67. The smallest absolute Gasteiger partial charge is 0.225 e. The molecule has 76 valence electrons. The number of aliphatic hydroxyl groups excluding tert-OH is 1. The fourth-order valence-electron chi connectivity index (χ4n) is 1.86. The summed E-state index contributed by atoms with van der Waals surface area (Å²) in [6.07, 6.45) is 3.92. The molecule has 4 heteroatoms. The Morgan fingerprint density at radius 3 is 3.21 bits per heavy atom. The van der Waals surface area contributed by atoms with Crippen molar-refractivity contribution in [2.45, 2.75) is 25.8 Å². The average molecular weight is 193 g/mol. The summed E-state index contributed by atoms with van der Waals surface area (Å²) in [6, 6.07) is 2.09. The highest BCUT2D eigenvalue weighted by atomic mass is 16.3. The van der Waals surface area contributed by atoms with Gasteiger partial charge in [-0.05, 0) is 25.8 Å². The van der Waals surface area contributed by atoms with E-state index in [4.69, 9.17) is 5.11 Å². The first-order valence-electron chi connectivity index (χ1n) is 4.98. The van der Waals surface area contributed by atoms with Crippen molar-refractivity contribution in [3.8, 4) is 0 Å². The van der Waals surface area contributed by atoms with Crippen molar-refractivity contribution in [1.82, 2.24) is 9.97 Å². The van der Waals surface area contributed by atoms with Gasteiger partial charge in [0.1, 0.15) is 0 Å². The molecule has 1 N–H and O–H groups in total. The molecule has 14 heavy (non-hydrogen) atoms. The van der Waals surface area contributed by atoms with Gasteiger partial charge in [0.2, 0.25) is 5.95 Å². The molecule has 2 rings (SSSR count). The predicted octanol–water partition coefficient (Wildman–Crippen LogP) is 0.746. The van der Waals surface area contributed by atoms with E-state index in [9.17, 15) is 0 Å². The third kappa shape index (κ3) is 1.70. The zero-order chi connectivity index (χ0) is 9.97. The Kier molecular flexibility index (Phi) is 2.63. The van der Waals surface area contributed by atoms with Gasteiger partial charge in [0.05, 0.1) is 12.6 Å². The van der Waals surface area contributed by atoms with E-state index in [1.807, 2.05) is 13.0 Å². The summed E-state index contributed by atoms with van der Waals surface area (Å²) >= 11 is 0. The monoisotopic (exact) mass is 193 g/mol. The SMILES string of the molecule is Cc1ccnc(N2CCC[C@@H]2CO)n1. The lowest BCUT2D eigenvalue weighted by atomic mass is 10.2. The Hall–Kier alpha value is -1.16. The van der Waals surface area contributed by atoms with Gasteiger partial charge in [-0.25, -0.2) is 9.97 Å². The summed E-state index contributed by atoms with van der Waals surface area (Å²) < 4.78 is 0. The van der Waals surface area contributed by atoms with Gasteiger partial charge in [-0.3, -0.25) is 0 Å². The van der Waals surface area contributed by atoms with Crippen LogP contribution in [0.15, 0.2) is 12.3 Å². The van der Waals surface area contributed by atoms with E-state index in [0.29, 0.717) is 0 Å². The summed E-state index contributed by atoms with van der Waals surface area (Å²) in [6.45, 7) is 3.10. The van der Waals surface area contributed by atoms with Crippen LogP contribution in [0.1, 0.15) is 18.5 Å². The fraction of sp³-hybridized carbons (Fsp3) is 0.600. The molecule has 0 aromatic carbocycles. The van der Waals surface area contributed by atoms with Gasteiger partial charge in [-0.1, -0.05) is 0 Å². The van der Waals surface area contributed by atoms with E-state index >= 15 is 0 Å². The van der Waals surface area contributed by atoms with Crippen LogP contribution in [0.3, 0.4) is 0 Å². The fourth-order valence-corrected chi connectivity index (χ4v) is 1.86. The Bertz CT molecular complexity index is 316. The number of aryl methyl sites for hydroxylation is 1. The molecule has 0 amide bonds. The molecule has 1 saturated heterocycles. The first kappa shape index (κ1) is 9.40. The second-order valence-electron chi connectivity index (χ2n) is 3.67. The third-order valence-electron chi connectivity index (χ3n) is 2.63. The van der Waals surface area contributed by atoms with E-state index in [2.05, 4.69) is 14.9 Å². The van der Waals surface area contributed by atoms with E-state index < -0.39 is 0 Å². The van der Waals surface area contributed by atoms with Crippen molar-refractivity contribution in [3.05, 3.63) is 18.0 Å². The lowest BCUT2D eigenvalue weighted by Crippen LogP contribution is -2.33. The molecule has 0 spiro atoms. The van der Waals surface area contributed by atoms with Crippen LogP contribution < -0.4 is 4.90 Å². The predicted molar refractivity (Wildman–Crippen MR) is 54.2 cm³/mol. The van der Waals surface area contributed by atoms with E-state index in [1.54, 1.807) is 6.20 Å². The Balaban J connectivity index is 2.21. The summed E-state index contributed by atoms with van der Waals surface area (Å²) in [4.78, 5) is 10.7. The van der Waals surface area contributed by atoms with Crippen LogP contribution in [0, 0.1) is 6.92 Å². The van der Waals surface area contributed by atoms with Crippen molar-refractivity contribution in [2.75, 3.05) is 18.1 Å². The van der Waals surface area contributed by atoms with Crippen LogP contribution in [0.2, 0.25) is 0 Å². The molecule has 0 unspecified atom stereocenters. The molecular formula is C10H15N3O. The van der Waals surface area contributed by atoms with E-state index in [1.165, 1.54) is 0 Å². The normalized spacial score (nSPS) is 21.6. The molecule has 0 aliphatic carbocycles. The van der Waals surface area contributed by atoms with Crippen LogP contribution in [-0.2, 0) is 0 Å². The van der Waals surface area contributed by atoms with Crippen LogP contribution in [0.4, 0.5) is 5.95 Å². The summed E-state index contributed by atoms with van der Waals surface area (Å²) in [5, 5.41) is 9.17. The molecule has 4 nitrogen and oxygen atoms in total. The maximum Gasteiger partial charge on any atom is 0.225 e. The molecule has 0 radical (unpaired) electrons. The van der Waals surface area contributed by atoms with Gasteiger partial charge >= 0.3 is 0 Å². The number of rotatable bonds is 2. The molecule has 1 fully saturated rings. The summed E-state index contributed by atoms with van der Waals surface area (Å²) in [5.41, 5.74) is 0.971. The van der Waals surface area contributed by atoms with Crippen LogP contribution in [0.25, 0.3) is 0 Å². The molecule has 1 aliphatic rings. The number of hydrogen-bond donors (Lipinski definition) is 1. The van der Waals surface area contributed by atoms with E-state index in [-0.39, 0.29) is 12.6 Å². The summed E-state index contributed by atoms with van der Waals surface area (Å²) in [7, 11) is 0. The Morgan fingerprint density at radius 1 is 1.64 bits per heavy atom. The highest BCUT2D eigenvalue weighted by molar-refractivity contribution is 5.33. The quantitative estimate of drug-likeness (QED) is 0.753. The maximum absolute atomic E-state index is 9.17. The molecule has 0 saturated carbocycles. The minimum Gasteiger partial charge on any atom is -0.394 e. The second kappa shape index (κ2) is 3.92. The molecule has 1 atom stereocenters. The molecule has 1 aliphatic heterocycles. The van der Waals surface area contributed by atoms with Gasteiger partial charge in [-0.15, -0.1) is 0 Å². The average Bonchev–Trinajstić information content (AvgIpc) is 2.65. The van der Waals surface area contributed by atoms with Crippen LogP contribution >= 0.6 is 0 Å². The third-order valence-corrected chi connectivity index (χ3v) is 2.63. The van der Waals surface area contributed by atoms with Gasteiger partial charge < -0.3 is 10.0 Å². The number of anilines is 1. The van der Waals surface area contributed by atoms with Gasteiger partial charge in [0.15, 0.2) is 0 Å². The molecule has 1 aromatic heterocycles. The van der Waals surface area contributed by atoms with Gasteiger partial charge in [0, 0.05) is 18.4 Å². The standard InChI is InChI=1S/C10H15N3O/c1-8-4-5-11-10(12-8)13-6-2-3-9(13)7-14/h4-5,9,14H,2-3,6-7H2,1H3/t9-/m1/s1. The van der Waals surface area contributed by atoms with Crippen LogP contribution in [-0.4, -0.2) is 34.3 Å². The Morgan fingerprint density at radius 2 is 2.50 bits per heavy atom. The van der Waals surface area contributed by atoms with Gasteiger partial charge in [0.25, 0.3) is 0 Å². The molecular weight excluding hydrogens is 178 g/mol. The lowest BCUT2D eigenvalue weighted by Gasteiger charge is -2.22. The molecule has 1 aromatic rings. The first-order valence-corrected chi connectivity index (χ1v) is 4.98. The van der Waals surface area contributed by atoms with Crippen molar-refractivity contribution in [2.24, 2.45) is 0 Å². The number of aromatic nitrogens is 2. The number of nitrogens with zero attached hydrogens (tertiary/aromatic N) is 3. The van der Waals surface area contributed by atoms with Crippen molar-refractivity contribution >= 4 is 5.95 Å². The number of aliphatic hydroxyl groups is 1. The van der Waals surface area contributed by atoms with Gasteiger partial charge in [-0.2, -0.15) is 0 Å². The van der Waals surface area contributed by atoms with Crippen LogP contribution in [0.5, 0.6) is 0 Å². The topological polar surface area (TPSA) is 49.2 Å². The highest BCUT2D eigenvalue weighted by Gasteiger charge is 2.25. The summed E-state index contributed by atoms with van der Waals surface area (Å²) in [5.74, 6) is 0.751. The first-order chi connectivity index (χ1) is 6.81. The number of hydrogen-bond acceptors (Lipinski definition) is 4. The zero-order valence-electron chi connectivity index (χ0n) is 8.35. The molecule has 0 bridgehead atoms. The van der Waals surface area contributed by atoms with E-state index in [0.717, 1.165) is 31.0 Å². The zero-order valence-corrected chi connectivity index (χ0v) is 8.35. The van der Waals surface area contributed by atoms with Crippen molar-refractivity contribution in [1.29, 1.82) is 0 Å². The van der Waals surface area contributed by atoms with Crippen molar-refractivity contribution in [3.63, 3.8) is 0 Å². The molecule has 2 heterocycles. The highest BCUT2D eigenvalue weighted by Crippen LogP contribution is 2.21. The minimum atomic E-state index is 0.192. The largest absolute Gasteiger partial charge is 0.394 e. The lowest BCUT2D eigenvalue weighted by molar-refractivity contribution is 0.265. The maximum atomic E-state index is 9.17.